The van der Waals surface area contributed by atoms with E-state index in [4.69, 9.17) is 4.74 Å². The highest BCUT2D eigenvalue weighted by molar-refractivity contribution is 5.75. The summed E-state index contributed by atoms with van der Waals surface area (Å²) in [7, 11) is 1.61. The molecular weight excluding hydrogens is 431 g/mol. The molecule has 0 radical (unpaired) electrons. The maximum absolute atomic E-state index is 13.0. The van der Waals surface area contributed by atoms with Gasteiger partial charge < -0.3 is 14.7 Å². The summed E-state index contributed by atoms with van der Waals surface area (Å²) < 4.78 is 44.1. The van der Waals surface area contributed by atoms with E-state index in [-0.39, 0.29) is 5.88 Å². The first-order valence-corrected chi connectivity index (χ1v) is 10.2. The van der Waals surface area contributed by atoms with E-state index in [1.54, 1.807) is 7.11 Å². The van der Waals surface area contributed by atoms with Gasteiger partial charge in [-0.3, -0.25) is 5.43 Å². The molecule has 0 bridgehead atoms. The van der Waals surface area contributed by atoms with Gasteiger partial charge in [-0.05, 0) is 42.0 Å². The van der Waals surface area contributed by atoms with Crippen molar-refractivity contribution in [3.63, 3.8) is 0 Å². The highest BCUT2D eigenvalue weighted by Gasteiger charge is 2.34. The molecule has 5 nitrogen and oxygen atoms in total. The number of nitrogens with zero attached hydrogens (tertiary/aromatic N) is 2. The topological polar surface area (TPSA) is 48.0 Å². The Balaban J connectivity index is 1.56. The molecule has 2 heterocycles. The van der Waals surface area contributed by atoms with Gasteiger partial charge in [0.05, 0.1) is 24.1 Å². The first kappa shape index (κ1) is 20.8. The van der Waals surface area contributed by atoms with Crippen LogP contribution in [-0.2, 0) is 12.7 Å². The summed E-state index contributed by atoms with van der Waals surface area (Å²) in [5.41, 5.74) is 5.03. The van der Waals surface area contributed by atoms with Gasteiger partial charge >= 0.3 is 6.18 Å². The Morgan fingerprint density at radius 2 is 1.64 bits per heavy atom. The van der Waals surface area contributed by atoms with Crippen LogP contribution in [0.4, 0.5) is 18.9 Å². The van der Waals surface area contributed by atoms with E-state index in [9.17, 15) is 18.3 Å². The molecule has 5 rings (SSSR count). The maximum Gasteiger partial charge on any atom is 0.416 e. The number of halogens is 3. The number of hydrogen-bond donors (Lipinski definition) is 2. The Labute approximate surface area is 187 Å². The molecule has 8 heteroatoms. The number of methoxy groups -OCH3 is 1. The molecule has 0 unspecified atom stereocenters. The first-order valence-electron chi connectivity index (χ1n) is 10.2. The fraction of sp³-hybridized carbons (Fsp3) is 0.120. The zero-order valence-corrected chi connectivity index (χ0v) is 17.6. The molecule has 2 aliphatic rings. The lowest BCUT2D eigenvalue weighted by Gasteiger charge is -2.25. The quantitative estimate of drug-likeness (QED) is 0.632. The van der Waals surface area contributed by atoms with Gasteiger partial charge in [0, 0.05) is 23.2 Å². The van der Waals surface area contributed by atoms with E-state index >= 15 is 0 Å². The molecule has 2 aliphatic heterocycles. The van der Waals surface area contributed by atoms with E-state index < -0.39 is 11.7 Å². The fourth-order valence-corrected chi connectivity index (χ4v) is 4.00. The van der Waals surface area contributed by atoms with E-state index in [2.05, 4.69) is 5.43 Å². The summed E-state index contributed by atoms with van der Waals surface area (Å²) in [4.78, 5) is 1.92. The number of alkyl halides is 3. The number of nitrogens with one attached hydrogen (secondary N) is 1. The number of benzene rings is 3. The molecular formula is C25H20F3N3O2. The molecule has 168 valence electrons. The van der Waals surface area contributed by atoms with Gasteiger partial charge in [-0.15, -0.1) is 0 Å². The zero-order valence-electron chi connectivity index (χ0n) is 17.6. The molecule has 2 N–H and O–H groups in total. The number of fused-ring (bicyclic) bond motifs is 2. The third-order valence-corrected chi connectivity index (χ3v) is 5.66. The Bertz CT molecular complexity index is 1350. The minimum Gasteiger partial charge on any atom is -0.497 e. The van der Waals surface area contributed by atoms with Crippen LogP contribution in [0, 0.1) is 0 Å². The van der Waals surface area contributed by atoms with Crippen LogP contribution in [0.2, 0.25) is 0 Å². The van der Waals surface area contributed by atoms with Crippen LogP contribution in [-0.4, -0.2) is 17.1 Å². The average Bonchev–Trinajstić information content (AvgIpc) is 3.17. The van der Waals surface area contributed by atoms with Crippen LogP contribution in [0.1, 0.15) is 11.1 Å². The van der Waals surface area contributed by atoms with Gasteiger partial charge in [0.1, 0.15) is 11.4 Å². The Hall–Kier alpha value is -4.07. The molecule has 3 aromatic rings. The summed E-state index contributed by atoms with van der Waals surface area (Å²) >= 11 is 0. The van der Waals surface area contributed by atoms with Crippen molar-refractivity contribution in [2.75, 3.05) is 12.1 Å². The SMILES string of the molecule is COc1ccc(CN2C=c3ccccc3=C3NN(c4ccc(C(F)(F)F)cc4)C(O)=C32)cc1. The van der Waals surface area contributed by atoms with Crippen LogP contribution >= 0.6 is 0 Å². The lowest BCUT2D eigenvalue weighted by atomic mass is 10.1. The third kappa shape index (κ3) is 3.73. The summed E-state index contributed by atoms with van der Waals surface area (Å²) in [6.07, 6.45) is -2.48. The first-order chi connectivity index (χ1) is 15.8. The number of anilines is 1. The average molecular weight is 451 g/mol. The Kier molecular flexibility index (Phi) is 4.92. The van der Waals surface area contributed by atoms with Gasteiger partial charge in [0.15, 0.2) is 0 Å². The molecule has 0 spiro atoms. The molecule has 3 aromatic carbocycles. The number of hydrogen-bond acceptors (Lipinski definition) is 5. The van der Waals surface area contributed by atoms with Gasteiger partial charge in [0.25, 0.3) is 0 Å². The summed E-state index contributed by atoms with van der Waals surface area (Å²) in [6.45, 7) is 0.476. The smallest absolute Gasteiger partial charge is 0.416 e. The maximum atomic E-state index is 13.0. The van der Waals surface area contributed by atoms with Crippen molar-refractivity contribution in [2.45, 2.75) is 12.7 Å². The number of rotatable bonds is 4. The van der Waals surface area contributed by atoms with Gasteiger partial charge in [-0.2, -0.15) is 13.2 Å². The molecule has 0 saturated carbocycles. The predicted octanol–water partition coefficient (Wildman–Crippen LogP) is 3.83. The monoisotopic (exact) mass is 451 g/mol. The van der Waals surface area contributed by atoms with Crippen molar-refractivity contribution in [1.29, 1.82) is 0 Å². The summed E-state index contributed by atoms with van der Waals surface area (Å²) in [5.74, 6) is 0.654. The highest BCUT2D eigenvalue weighted by atomic mass is 19.4. The van der Waals surface area contributed by atoms with E-state index in [1.165, 1.54) is 17.1 Å². The molecule has 0 atom stereocenters. The lowest BCUT2D eigenvalue weighted by Crippen LogP contribution is -2.40. The van der Waals surface area contributed by atoms with Crippen molar-refractivity contribution in [3.8, 4) is 5.75 Å². The molecule has 0 aliphatic carbocycles. The van der Waals surface area contributed by atoms with E-state index in [0.29, 0.717) is 23.6 Å². The zero-order chi connectivity index (χ0) is 23.2. The van der Waals surface area contributed by atoms with Crippen LogP contribution in [0.3, 0.4) is 0 Å². The van der Waals surface area contributed by atoms with Crippen molar-refractivity contribution in [3.05, 3.63) is 106 Å². The van der Waals surface area contributed by atoms with Crippen LogP contribution < -0.4 is 25.6 Å². The Morgan fingerprint density at radius 1 is 0.939 bits per heavy atom. The predicted molar refractivity (Wildman–Crippen MR) is 119 cm³/mol. The lowest BCUT2D eigenvalue weighted by molar-refractivity contribution is -0.137. The van der Waals surface area contributed by atoms with Gasteiger partial charge in [0.2, 0.25) is 5.88 Å². The standard InChI is InChI=1S/C25H20F3N3O2/c1-33-20-12-6-16(7-13-20)14-30-15-17-4-2-3-5-21(17)22-23(30)24(32)31(29-22)19-10-8-18(9-11-19)25(26,27)28/h2-13,15,29,32H,14H2,1H3. The number of hydrazine groups is 1. The van der Waals surface area contributed by atoms with E-state index in [0.717, 1.165) is 33.9 Å². The second kappa shape index (κ2) is 7.81. The third-order valence-electron chi connectivity index (χ3n) is 5.66. The second-order valence-electron chi connectivity index (χ2n) is 7.73. The van der Waals surface area contributed by atoms with Crippen molar-refractivity contribution < 1.29 is 23.0 Å². The normalized spacial score (nSPS) is 15.1. The van der Waals surface area contributed by atoms with Crippen molar-refractivity contribution in [2.24, 2.45) is 0 Å². The molecule has 0 saturated heterocycles. The van der Waals surface area contributed by atoms with Crippen LogP contribution in [0.15, 0.2) is 84.4 Å². The minimum absolute atomic E-state index is 0.0935. The van der Waals surface area contributed by atoms with Crippen LogP contribution in [0.5, 0.6) is 5.75 Å². The molecule has 0 fully saturated rings. The van der Waals surface area contributed by atoms with Crippen molar-refractivity contribution >= 4 is 17.6 Å². The minimum atomic E-state index is -4.43. The number of ether oxygens (including phenoxy) is 1. The second-order valence-corrected chi connectivity index (χ2v) is 7.73. The Morgan fingerprint density at radius 3 is 2.30 bits per heavy atom. The number of aliphatic hydroxyl groups is 1. The van der Waals surface area contributed by atoms with E-state index in [1.807, 2.05) is 59.6 Å². The van der Waals surface area contributed by atoms with Gasteiger partial charge in [-0.25, -0.2) is 5.01 Å². The molecule has 0 amide bonds. The summed E-state index contributed by atoms with van der Waals surface area (Å²) in [5, 5.41) is 14.4. The number of aliphatic hydroxyl groups excluding tert-OH is 1. The summed E-state index contributed by atoms with van der Waals surface area (Å²) in [6, 6.07) is 20.0. The van der Waals surface area contributed by atoms with Crippen LogP contribution in [0.25, 0.3) is 11.9 Å². The largest absolute Gasteiger partial charge is 0.497 e. The molecule has 33 heavy (non-hydrogen) atoms. The van der Waals surface area contributed by atoms with Gasteiger partial charge in [-0.1, -0.05) is 36.4 Å². The fourth-order valence-electron chi connectivity index (χ4n) is 4.00. The molecule has 0 aromatic heterocycles. The van der Waals surface area contributed by atoms with Crippen molar-refractivity contribution in [1.82, 2.24) is 10.3 Å². The highest BCUT2D eigenvalue weighted by Crippen LogP contribution is 2.34.